The van der Waals surface area contributed by atoms with Gasteiger partial charge in [-0.05, 0) is 37.3 Å². The minimum atomic E-state index is -0.283. The zero-order valence-electron chi connectivity index (χ0n) is 14.7. The number of carbonyl (C=O) groups excluding carboxylic acids is 1. The fourth-order valence-electron chi connectivity index (χ4n) is 2.64. The molecule has 1 aliphatic rings. The lowest BCUT2D eigenvalue weighted by atomic mass is 10.3. The average Bonchev–Trinajstić information content (AvgIpc) is 2.64. The quantitative estimate of drug-likeness (QED) is 0.807. The highest BCUT2D eigenvalue weighted by Gasteiger charge is 2.12. The standard InChI is InChI=1S/C18H22ClN5O2/c1-13-12-16(17(25)22-15-4-2-14(19)3-5-15)23-18(21-13)20-6-7-24-8-10-26-11-9-24/h2-5,12H,6-11H2,1H3,(H,22,25)(H,20,21,23). The number of halogens is 1. The van der Waals surface area contributed by atoms with Crippen molar-refractivity contribution in [2.45, 2.75) is 6.92 Å². The van der Waals surface area contributed by atoms with Crippen LogP contribution < -0.4 is 10.6 Å². The zero-order valence-corrected chi connectivity index (χ0v) is 15.4. The number of amides is 1. The monoisotopic (exact) mass is 375 g/mol. The maximum absolute atomic E-state index is 12.4. The second-order valence-electron chi connectivity index (χ2n) is 6.06. The molecule has 1 aliphatic heterocycles. The molecule has 1 aromatic carbocycles. The summed E-state index contributed by atoms with van der Waals surface area (Å²) >= 11 is 5.86. The summed E-state index contributed by atoms with van der Waals surface area (Å²) in [5.41, 5.74) is 1.72. The van der Waals surface area contributed by atoms with Crippen molar-refractivity contribution in [1.82, 2.24) is 14.9 Å². The molecule has 0 unspecified atom stereocenters. The molecule has 0 spiro atoms. The fourth-order valence-corrected chi connectivity index (χ4v) is 2.77. The Morgan fingerprint density at radius 1 is 1.23 bits per heavy atom. The van der Waals surface area contributed by atoms with Crippen LogP contribution in [0, 0.1) is 6.92 Å². The van der Waals surface area contributed by atoms with E-state index in [2.05, 4.69) is 25.5 Å². The van der Waals surface area contributed by atoms with E-state index in [0.717, 1.165) is 38.5 Å². The Bertz CT molecular complexity index is 748. The summed E-state index contributed by atoms with van der Waals surface area (Å²) in [4.78, 5) is 23.4. The van der Waals surface area contributed by atoms with Gasteiger partial charge in [-0.2, -0.15) is 0 Å². The normalized spacial score (nSPS) is 14.8. The largest absolute Gasteiger partial charge is 0.379 e. The van der Waals surface area contributed by atoms with Crippen molar-refractivity contribution >= 4 is 29.1 Å². The van der Waals surface area contributed by atoms with E-state index in [1.807, 2.05) is 6.92 Å². The molecule has 0 bridgehead atoms. The van der Waals surface area contributed by atoms with Crippen LogP contribution in [-0.4, -0.2) is 60.2 Å². The molecule has 8 heteroatoms. The topological polar surface area (TPSA) is 79.4 Å². The van der Waals surface area contributed by atoms with Crippen molar-refractivity contribution in [2.75, 3.05) is 50.0 Å². The van der Waals surface area contributed by atoms with Gasteiger partial charge in [-0.3, -0.25) is 9.69 Å². The molecule has 3 rings (SSSR count). The molecule has 2 N–H and O–H groups in total. The number of anilines is 2. The molecule has 138 valence electrons. The van der Waals surface area contributed by atoms with E-state index in [-0.39, 0.29) is 5.91 Å². The molecule has 0 radical (unpaired) electrons. The fraction of sp³-hybridized carbons (Fsp3) is 0.389. The first kappa shape index (κ1) is 18.6. The van der Waals surface area contributed by atoms with Gasteiger partial charge in [-0.1, -0.05) is 11.6 Å². The number of aryl methyl sites for hydroxylation is 1. The van der Waals surface area contributed by atoms with Crippen molar-refractivity contribution in [2.24, 2.45) is 0 Å². The summed E-state index contributed by atoms with van der Waals surface area (Å²) in [7, 11) is 0. The predicted molar refractivity (Wildman–Crippen MR) is 102 cm³/mol. The first-order valence-corrected chi connectivity index (χ1v) is 8.94. The number of morpholine rings is 1. The molecule has 2 aromatic rings. The van der Waals surface area contributed by atoms with E-state index in [1.54, 1.807) is 30.3 Å². The number of ether oxygens (including phenoxy) is 1. The molecular weight excluding hydrogens is 354 g/mol. The van der Waals surface area contributed by atoms with E-state index in [1.165, 1.54) is 0 Å². The summed E-state index contributed by atoms with van der Waals surface area (Å²) in [6, 6.07) is 8.60. The van der Waals surface area contributed by atoms with Crippen LogP contribution in [0.4, 0.5) is 11.6 Å². The van der Waals surface area contributed by atoms with Crippen LogP contribution in [0.25, 0.3) is 0 Å². The van der Waals surface area contributed by atoms with Gasteiger partial charge in [-0.15, -0.1) is 0 Å². The van der Waals surface area contributed by atoms with Crippen LogP contribution in [0.1, 0.15) is 16.2 Å². The molecule has 7 nitrogen and oxygen atoms in total. The van der Waals surface area contributed by atoms with Crippen LogP contribution in [0.15, 0.2) is 30.3 Å². The highest BCUT2D eigenvalue weighted by molar-refractivity contribution is 6.30. The second kappa shape index (κ2) is 8.93. The van der Waals surface area contributed by atoms with Crippen LogP contribution in [0.3, 0.4) is 0 Å². The number of benzene rings is 1. The minimum absolute atomic E-state index is 0.283. The third kappa shape index (κ3) is 5.39. The van der Waals surface area contributed by atoms with Crippen LogP contribution >= 0.6 is 11.6 Å². The molecule has 0 saturated carbocycles. The molecule has 0 aliphatic carbocycles. The van der Waals surface area contributed by atoms with Crippen molar-refractivity contribution in [3.63, 3.8) is 0 Å². The van der Waals surface area contributed by atoms with Gasteiger partial charge in [0, 0.05) is 42.6 Å². The molecule has 1 saturated heterocycles. The van der Waals surface area contributed by atoms with Gasteiger partial charge in [0.15, 0.2) is 0 Å². The lowest BCUT2D eigenvalue weighted by Crippen LogP contribution is -2.39. The number of hydrogen-bond donors (Lipinski definition) is 2. The number of nitrogens with zero attached hydrogens (tertiary/aromatic N) is 3. The third-order valence-corrected chi connectivity index (χ3v) is 4.26. The van der Waals surface area contributed by atoms with E-state index < -0.39 is 0 Å². The summed E-state index contributed by atoms with van der Waals surface area (Å²) < 4.78 is 5.34. The number of nitrogens with one attached hydrogen (secondary N) is 2. The maximum atomic E-state index is 12.4. The summed E-state index contributed by atoms with van der Waals surface area (Å²) in [6.07, 6.45) is 0. The lowest BCUT2D eigenvalue weighted by molar-refractivity contribution is 0.0398. The summed E-state index contributed by atoms with van der Waals surface area (Å²) in [5, 5.41) is 6.63. The van der Waals surface area contributed by atoms with Crippen LogP contribution in [0.2, 0.25) is 5.02 Å². The molecule has 0 atom stereocenters. The Balaban J connectivity index is 1.59. The van der Waals surface area contributed by atoms with E-state index in [4.69, 9.17) is 16.3 Å². The molecule has 1 fully saturated rings. The van der Waals surface area contributed by atoms with Crippen LogP contribution in [-0.2, 0) is 4.74 Å². The summed E-state index contributed by atoms with van der Waals surface area (Å²) in [6.45, 7) is 6.85. The van der Waals surface area contributed by atoms with Gasteiger partial charge in [0.05, 0.1) is 13.2 Å². The van der Waals surface area contributed by atoms with Gasteiger partial charge >= 0.3 is 0 Å². The van der Waals surface area contributed by atoms with Gasteiger partial charge < -0.3 is 15.4 Å². The first-order chi connectivity index (χ1) is 12.6. The van der Waals surface area contributed by atoms with Crippen molar-refractivity contribution in [1.29, 1.82) is 0 Å². The number of carbonyl (C=O) groups is 1. The number of aromatic nitrogens is 2. The van der Waals surface area contributed by atoms with Gasteiger partial charge in [-0.25, -0.2) is 9.97 Å². The smallest absolute Gasteiger partial charge is 0.274 e. The molecule has 2 heterocycles. The van der Waals surface area contributed by atoms with Gasteiger partial charge in [0.2, 0.25) is 5.95 Å². The Labute approximate surface area is 157 Å². The lowest BCUT2D eigenvalue weighted by Gasteiger charge is -2.26. The summed E-state index contributed by atoms with van der Waals surface area (Å²) in [5.74, 6) is 0.175. The Morgan fingerprint density at radius 2 is 1.96 bits per heavy atom. The Hall–Kier alpha value is -2.22. The van der Waals surface area contributed by atoms with Crippen molar-refractivity contribution < 1.29 is 9.53 Å². The number of rotatable bonds is 6. The van der Waals surface area contributed by atoms with Gasteiger partial charge in [0.25, 0.3) is 5.91 Å². The highest BCUT2D eigenvalue weighted by atomic mass is 35.5. The highest BCUT2D eigenvalue weighted by Crippen LogP contribution is 2.14. The first-order valence-electron chi connectivity index (χ1n) is 8.57. The molecular formula is C18H22ClN5O2. The van der Waals surface area contributed by atoms with Crippen molar-refractivity contribution in [3.8, 4) is 0 Å². The number of hydrogen-bond acceptors (Lipinski definition) is 6. The van der Waals surface area contributed by atoms with Gasteiger partial charge in [0.1, 0.15) is 5.69 Å². The molecule has 1 amide bonds. The Kier molecular flexibility index (Phi) is 6.38. The third-order valence-electron chi connectivity index (χ3n) is 4.00. The van der Waals surface area contributed by atoms with E-state index >= 15 is 0 Å². The Morgan fingerprint density at radius 3 is 2.69 bits per heavy atom. The second-order valence-corrected chi connectivity index (χ2v) is 6.50. The van der Waals surface area contributed by atoms with Crippen molar-refractivity contribution in [3.05, 3.63) is 46.7 Å². The predicted octanol–water partition coefficient (Wildman–Crippen LogP) is 2.43. The SMILES string of the molecule is Cc1cc(C(=O)Nc2ccc(Cl)cc2)nc(NCCN2CCOCC2)n1. The van der Waals surface area contributed by atoms with E-state index in [9.17, 15) is 4.79 Å². The van der Waals surface area contributed by atoms with E-state index in [0.29, 0.717) is 28.9 Å². The zero-order chi connectivity index (χ0) is 18.4. The van der Waals surface area contributed by atoms with Crippen LogP contribution in [0.5, 0.6) is 0 Å². The molecule has 1 aromatic heterocycles. The average molecular weight is 376 g/mol. The molecule has 26 heavy (non-hydrogen) atoms. The minimum Gasteiger partial charge on any atom is -0.379 e. The maximum Gasteiger partial charge on any atom is 0.274 e.